The Morgan fingerprint density at radius 1 is 1.21 bits per heavy atom. The number of carbonyl (C=O) groups excluding carboxylic acids is 1. The van der Waals surface area contributed by atoms with Crippen LogP contribution in [0.25, 0.3) is 0 Å². The van der Waals surface area contributed by atoms with Gasteiger partial charge in [0.15, 0.2) is 5.96 Å². The van der Waals surface area contributed by atoms with Gasteiger partial charge >= 0.3 is 6.09 Å². The van der Waals surface area contributed by atoms with Crippen molar-refractivity contribution >= 4 is 22.1 Å². The number of nitrogens with one attached hydrogen (secondary N) is 3. The molecule has 29 heavy (non-hydrogen) atoms. The van der Waals surface area contributed by atoms with Crippen LogP contribution in [0.4, 0.5) is 4.79 Å². The molecule has 1 amide bonds. The van der Waals surface area contributed by atoms with Crippen LogP contribution in [0.2, 0.25) is 0 Å². The average Bonchev–Trinajstić information content (AvgIpc) is 2.59. The van der Waals surface area contributed by atoms with Crippen molar-refractivity contribution in [3.63, 3.8) is 0 Å². The fourth-order valence-electron chi connectivity index (χ4n) is 2.40. The summed E-state index contributed by atoms with van der Waals surface area (Å²) < 4.78 is 30.8. The molecule has 0 spiro atoms. The number of amides is 1. The largest absolute Gasteiger partial charge is 0.444 e. The van der Waals surface area contributed by atoms with Gasteiger partial charge in [0.25, 0.3) is 0 Å². The molecule has 0 bridgehead atoms. The Morgan fingerprint density at radius 3 is 2.31 bits per heavy atom. The molecule has 0 saturated carbocycles. The molecule has 0 aromatic rings. The Kier molecular flexibility index (Phi) is 12.2. The molecule has 0 aliphatic rings. The van der Waals surface area contributed by atoms with Crippen molar-refractivity contribution in [3.05, 3.63) is 0 Å². The average molecular weight is 436 g/mol. The summed E-state index contributed by atoms with van der Waals surface area (Å²) >= 11 is 0. The first kappa shape index (κ1) is 27.5. The van der Waals surface area contributed by atoms with Gasteiger partial charge in [-0.15, -0.1) is 0 Å². The summed E-state index contributed by atoms with van der Waals surface area (Å²) in [6.07, 6.45) is 0.308. The summed E-state index contributed by atoms with van der Waals surface area (Å²) in [5, 5.41) is 6.16. The van der Waals surface area contributed by atoms with E-state index in [1.165, 1.54) is 0 Å². The Balaban J connectivity index is 4.78. The van der Waals surface area contributed by atoms with Crippen LogP contribution < -0.4 is 15.4 Å². The summed E-state index contributed by atoms with van der Waals surface area (Å²) in [6, 6.07) is -0.0356. The molecule has 0 fully saturated rings. The molecule has 0 saturated heterocycles. The molecule has 0 aliphatic heterocycles. The molecule has 0 aromatic carbocycles. The first-order valence-corrected chi connectivity index (χ1v) is 11.9. The lowest BCUT2D eigenvalue weighted by molar-refractivity contribution is 0.0485. The van der Waals surface area contributed by atoms with Crippen molar-refractivity contribution in [3.8, 4) is 0 Å². The number of hydrogen-bond donors (Lipinski definition) is 3. The smallest absolute Gasteiger partial charge is 0.407 e. The van der Waals surface area contributed by atoms with Gasteiger partial charge in [-0.2, -0.15) is 0 Å². The third kappa shape index (κ3) is 13.3. The van der Waals surface area contributed by atoms with Gasteiger partial charge in [0, 0.05) is 32.7 Å². The Morgan fingerprint density at radius 2 is 1.83 bits per heavy atom. The molecule has 0 aromatic heterocycles. The normalized spacial score (nSPS) is 13.9. The quantitative estimate of drug-likeness (QED) is 0.259. The molecule has 0 aliphatic carbocycles. The third-order valence-electron chi connectivity index (χ3n) is 4.05. The van der Waals surface area contributed by atoms with E-state index in [0.29, 0.717) is 25.6 Å². The molecule has 0 heterocycles. The highest BCUT2D eigenvalue weighted by Crippen LogP contribution is 2.11. The van der Waals surface area contributed by atoms with Crippen molar-refractivity contribution in [1.82, 2.24) is 20.3 Å². The fraction of sp³-hybridized carbons (Fsp3) is 0.895. The van der Waals surface area contributed by atoms with Gasteiger partial charge in [-0.25, -0.2) is 17.9 Å². The van der Waals surface area contributed by atoms with Crippen LogP contribution in [0, 0.1) is 5.92 Å². The van der Waals surface area contributed by atoms with Crippen LogP contribution >= 0.6 is 0 Å². The van der Waals surface area contributed by atoms with Gasteiger partial charge in [0.05, 0.1) is 12.3 Å². The van der Waals surface area contributed by atoms with Crippen LogP contribution in [-0.2, 0) is 14.8 Å². The third-order valence-corrected chi connectivity index (χ3v) is 5.46. The van der Waals surface area contributed by atoms with E-state index in [9.17, 15) is 13.2 Å². The Labute approximate surface area is 177 Å². The maximum atomic E-state index is 12.1. The first-order chi connectivity index (χ1) is 13.3. The van der Waals surface area contributed by atoms with E-state index in [1.807, 2.05) is 39.6 Å². The molecule has 172 valence electrons. The van der Waals surface area contributed by atoms with E-state index in [2.05, 4.69) is 34.2 Å². The van der Waals surface area contributed by atoms with Gasteiger partial charge in [-0.1, -0.05) is 13.8 Å². The second-order valence-electron chi connectivity index (χ2n) is 8.24. The summed E-state index contributed by atoms with van der Waals surface area (Å²) in [5.74, 6) is 1.000. The predicted molar refractivity (Wildman–Crippen MR) is 119 cm³/mol. The van der Waals surface area contributed by atoms with Crippen LogP contribution in [-0.4, -0.2) is 76.0 Å². The number of ether oxygens (including phenoxy) is 1. The highest BCUT2D eigenvalue weighted by Gasteiger charge is 2.22. The standard InChI is InChI=1S/C19H41N5O4S/c1-9-20-17(21-12-13-22-29(26,27)10-2)24(8)14-11-16(15(3)4)23-18(25)28-19(5,6)7/h15-16,22H,9-14H2,1-8H3,(H,20,21)(H,23,25). The number of guanidine groups is 1. The van der Waals surface area contributed by atoms with E-state index in [4.69, 9.17) is 4.74 Å². The predicted octanol–water partition coefficient (Wildman–Crippen LogP) is 1.76. The van der Waals surface area contributed by atoms with E-state index >= 15 is 0 Å². The minimum atomic E-state index is -3.21. The Bertz CT molecular complexity index is 615. The number of sulfonamides is 1. The Hall–Kier alpha value is -1.55. The number of hydrogen-bond acceptors (Lipinski definition) is 5. The number of carbonyl (C=O) groups is 1. The van der Waals surface area contributed by atoms with E-state index in [0.717, 1.165) is 6.42 Å². The highest BCUT2D eigenvalue weighted by molar-refractivity contribution is 7.89. The zero-order valence-electron chi connectivity index (χ0n) is 19.3. The monoisotopic (exact) mass is 435 g/mol. The van der Waals surface area contributed by atoms with Crippen molar-refractivity contribution in [1.29, 1.82) is 0 Å². The summed E-state index contributed by atoms with van der Waals surface area (Å²) in [6.45, 7) is 15.2. The lowest BCUT2D eigenvalue weighted by Crippen LogP contribution is -2.45. The molecule has 9 nitrogen and oxygen atoms in total. The summed E-state index contributed by atoms with van der Waals surface area (Å²) in [4.78, 5) is 18.5. The van der Waals surface area contributed by atoms with Crippen molar-refractivity contribution < 1.29 is 17.9 Å². The number of nitrogens with zero attached hydrogens (tertiary/aromatic N) is 2. The van der Waals surface area contributed by atoms with Crippen LogP contribution in [0.1, 0.15) is 54.9 Å². The SMILES string of the molecule is CCNC(=NCCNS(=O)(=O)CC)N(C)CCC(NC(=O)OC(C)(C)C)C(C)C. The van der Waals surface area contributed by atoms with Crippen molar-refractivity contribution in [2.24, 2.45) is 10.9 Å². The number of rotatable bonds is 11. The van der Waals surface area contributed by atoms with Crippen LogP contribution in [0.3, 0.4) is 0 Å². The van der Waals surface area contributed by atoms with Gasteiger partial charge < -0.3 is 20.3 Å². The molecular weight excluding hydrogens is 394 g/mol. The summed E-state index contributed by atoms with van der Waals surface area (Å²) in [5.41, 5.74) is -0.535. The second kappa shape index (κ2) is 12.9. The molecule has 0 rings (SSSR count). The van der Waals surface area contributed by atoms with Gasteiger partial charge in [-0.3, -0.25) is 4.99 Å². The van der Waals surface area contributed by atoms with Crippen molar-refractivity contribution in [2.45, 2.75) is 66.5 Å². The van der Waals surface area contributed by atoms with Gasteiger partial charge in [-0.05, 0) is 47.0 Å². The lowest BCUT2D eigenvalue weighted by atomic mass is 10.0. The van der Waals surface area contributed by atoms with E-state index in [1.54, 1.807) is 6.92 Å². The minimum Gasteiger partial charge on any atom is -0.444 e. The molecule has 10 heteroatoms. The zero-order valence-corrected chi connectivity index (χ0v) is 20.1. The molecular formula is C19H41N5O4S. The zero-order chi connectivity index (χ0) is 22.7. The van der Waals surface area contributed by atoms with E-state index in [-0.39, 0.29) is 24.3 Å². The maximum absolute atomic E-state index is 12.1. The second-order valence-corrected chi connectivity index (χ2v) is 10.3. The minimum absolute atomic E-state index is 0.0356. The molecule has 3 N–H and O–H groups in total. The van der Waals surface area contributed by atoms with Crippen molar-refractivity contribution in [2.75, 3.05) is 39.0 Å². The van der Waals surface area contributed by atoms with Gasteiger partial charge in [0.1, 0.15) is 5.60 Å². The van der Waals surface area contributed by atoms with Crippen LogP contribution in [0.5, 0.6) is 0 Å². The molecule has 0 radical (unpaired) electrons. The number of alkyl carbamates (subject to hydrolysis) is 1. The number of aliphatic imine (C=N–C) groups is 1. The molecule has 1 atom stereocenters. The van der Waals surface area contributed by atoms with Gasteiger partial charge in [0.2, 0.25) is 10.0 Å². The first-order valence-electron chi connectivity index (χ1n) is 10.3. The summed E-state index contributed by atoms with van der Waals surface area (Å²) in [7, 11) is -1.29. The molecule has 1 unspecified atom stereocenters. The van der Waals surface area contributed by atoms with E-state index < -0.39 is 21.7 Å². The highest BCUT2D eigenvalue weighted by atomic mass is 32.2. The maximum Gasteiger partial charge on any atom is 0.407 e. The fourth-order valence-corrected chi connectivity index (χ4v) is 3.01. The van der Waals surface area contributed by atoms with Crippen LogP contribution in [0.15, 0.2) is 4.99 Å². The lowest BCUT2D eigenvalue weighted by Gasteiger charge is -2.28. The topological polar surface area (TPSA) is 112 Å².